The smallest absolute Gasteiger partial charge is 0.123 e. The maximum Gasteiger partial charge on any atom is 0.123 e. The third-order valence-corrected chi connectivity index (χ3v) is 3.90. The van der Waals surface area contributed by atoms with Gasteiger partial charge in [-0.25, -0.2) is 9.37 Å². The Morgan fingerprint density at radius 2 is 2.35 bits per heavy atom. The zero-order chi connectivity index (χ0) is 14.2. The van der Waals surface area contributed by atoms with Gasteiger partial charge in [-0.15, -0.1) is 11.3 Å². The zero-order valence-electron chi connectivity index (χ0n) is 11.5. The van der Waals surface area contributed by atoms with E-state index in [1.807, 2.05) is 11.4 Å². The number of methoxy groups -OCH3 is 1. The largest absolute Gasteiger partial charge is 0.383 e. The number of benzene rings is 1. The number of thiazole rings is 1. The molecule has 3 nitrogen and oxygen atoms in total. The Bertz CT molecular complexity index is 504. The maximum atomic E-state index is 13.4. The SMILES string of the molecule is COCCNCC(Cc1nccs1)c1cccc(F)c1. The van der Waals surface area contributed by atoms with E-state index in [0.29, 0.717) is 6.61 Å². The first-order valence-corrected chi connectivity index (χ1v) is 7.51. The molecule has 0 saturated carbocycles. The molecule has 2 aromatic rings. The minimum absolute atomic E-state index is 0.191. The predicted molar refractivity (Wildman–Crippen MR) is 79.7 cm³/mol. The molecular formula is C15H19FN2OS. The van der Waals surface area contributed by atoms with Crippen molar-refractivity contribution in [1.29, 1.82) is 0 Å². The van der Waals surface area contributed by atoms with Gasteiger partial charge < -0.3 is 10.1 Å². The third kappa shape index (κ3) is 4.67. The van der Waals surface area contributed by atoms with Gasteiger partial charge in [0.25, 0.3) is 0 Å². The third-order valence-electron chi connectivity index (χ3n) is 3.10. The second kappa shape index (κ2) is 8.09. The fourth-order valence-electron chi connectivity index (χ4n) is 2.08. The van der Waals surface area contributed by atoms with Crippen LogP contribution < -0.4 is 5.32 Å². The number of nitrogens with zero attached hydrogens (tertiary/aromatic N) is 1. The van der Waals surface area contributed by atoms with Crippen LogP contribution in [0.25, 0.3) is 0 Å². The number of nitrogens with one attached hydrogen (secondary N) is 1. The van der Waals surface area contributed by atoms with Gasteiger partial charge >= 0.3 is 0 Å². The molecule has 0 radical (unpaired) electrons. The highest BCUT2D eigenvalue weighted by Gasteiger charge is 2.14. The fourth-order valence-corrected chi connectivity index (χ4v) is 2.78. The van der Waals surface area contributed by atoms with Gasteiger partial charge in [0.05, 0.1) is 11.6 Å². The number of ether oxygens (including phenoxy) is 1. The molecule has 0 spiro atoms. The summed E-state index contributed by atoms with van der Waals surface area (Å²) in [6.07, 6.45) is 2.63. The lowest BCUT2D eigenvalue weighted by atomic mass is 9.96. The lowest BCUT2D eigenvalue weighted by Gasteiger charge is -2.17. The van der Waals surface area contributed by atoms with Gasteiger partial charge in [-0.3, -0.25) is 0 Å². The predicted octanol–water partition coefficient (Wildman–Crippen LogP) is 2.84. The number of hydrogen-bond acceptors (Lipinski definition) is 4. The summed E-state index contributed by atoms with van der Waals surface area (Å²) in [5, 5.41) is 6.39. The number of halogens is 1. The zero-order valence-corrected chi connectivity index (χ0v) is 12.3. The Morgan fingerprint density at radius 1 is 1.45 bits per heavy atom. The van der Waals surface area contributed by atoms with Crippen molar-refractivity contribution in [3.63, 3.8) is 0 Å². The number of rotatable bonds is 8. The molecule has 108 valence electrons. The van der Waals surface area contributed by atoms with Crippen LogP contribution in [-0.4, -0.2) is 31.8 Å². The monoisotopic (exact) mass is 294 g/mol. The summed E-state index contributed by atoms with van der Waals surface area (Å²) in [7, 11) is 1.68. The van der Waals surface area contributed by atoms with Crippen molar-refractivity contribution >= 4 is 11.3 Å². The van der Waals surface area contributed by atoms with Crippen LogP contribution in [0.3, 0.4) is 0 Å². The van der Waals surface area contributed by atoms with Crippen LogP contribution in [0, 0.1) is 5.82 Å². The van der Waals surface area contributed by atoms with Gasteiger partial charge in [-0.05, 0) is 17.7 Å². The van der Waals surface area contributed by atoms with Gasteiger partial charge in [0.2, 0.25) is 0 Å². The second-order valence-corrected chi connectivity index (χ2v) is 5.56. The van der Waals surface area contributed by atoms with E-state index in [0.717, 1.165) is 30.1 Å². The van der Waals surface area contributed by atoms with E-state index in [9.17, 15) is 4.39 Å². The molecule has 0 aliphatic heterocycles. The van der Waals surface area contributed by atoms with E-state index in [1.54, 1.807) is 36.8 Å². The first-order chi connectivity index (χ1) is 9.79. The minimum Gasteiger partial charge on any atom is -0.383 e. The van der Waals surface area contributed by atoms with Crippen LogP contribution in [-0.2, 0) is 11.2 Å². The molecular weight excluding hydrogens is 275 g/mol. The molecule has 0 aliphatic carbocycles. The van der Waals surface area contributed by atoms with Crippen LogP contribution in [0.15, 0.2) is 35.8 Å². The molecule has 1 unspecified atom stereocenters. The topological polar surface area (TPSA) is 34.1 Å². The lowest BCUT2D eigenvalue weighted by molar-refractivity contribution is 0.199. The van der Waals surface area contributed by atoms with Crippen LogP contribution in [0.2, 0.25) is 0 Å². The highest BCUT2D eigenvalue weighted by molar-refractivity contribution is 7.09. The summed E-state index contributed by atoms with van der Waals surface area (Å²) in [5.74, 6) is 0.0252. The highest BCUT2D eigenvalue weighted by atomic mass is 32.1. The molecule has 1 heterocycles. The van der Waals surface area contributed by atoms with E-state index >= 15 is 0 Å². The molecule has 0 bridgehead atoms. The van der Waals surface area contributed by atoms with Crippen molar-refractivity contribution in [3.05, 3.63) is 52.2 Å². The molecule has 1 N–H and O–H groups in total. The van der Waals surface area contributed by atoms with E-state index in [2.05, 4.69) is 10.3 Å². The Morgan fingerprint density at radius 3 is 3.05 bits per heavy atom. The first kappa shape index (κ1) is 15.1. The van der Waals surface area contributed by atoms with Crippen molar-refractivity contribution < 1.29 is 9.13 Å². The molecule has 2 rings (SSSR count). The van der Waals surface area contributed by atoms with Gasteiger partial charge in [0.1, 0.15) is 5.82 Å². The Labute approximate surface area is 122 Å². The average Bonchev–Trinajstić information content (AvgIpc) is 2.95. The fraction of sp³-hybridized carbons (Fsp3) is 0.400. The molecule has 1 aromatic carbocycles. The van der Waals surface area contributed by atoms with Crippen LogP contribution >= 0.6 is 11.3 Å². The van der Waals surface area contributed by atoms with Crippen LogP contribution in [0.1, 0.15) is 16.5 Å². The molecule has 5 heteroatoms. The average molecular weight is 294 g/mol. The summed E-state index contributed by atoms with van der Waals surface area (Å²) in [6.45, 7) is 2.25. The summed E-state index contributed by atoms with van der Waals surface area (Å²) in [4.78, 5) is 4.32. The van der Waals surface area contributed by atoms with Gasteiger partial charge in [0.15, 0.2) is 0 Å². The van der Waals surface area contributed by atoms with Gasteiger partial charge in [-0.1, -0.05) is 12.1 Å². The highest BCUT2D eigenvalue weighted by Crippen LogP contribution is 2.22. The summed E-state index contributed by atoms with van der Waals surface area (Å²) in [6, 6.07) is 6.81. The van der Waals surface area contributed by atoms with E-state index in [-0.39, 0.29) is 11.7 Å². The molecule has 0 fully saturated rings. The second-order valence-electron chi connectivity index (χ2n) is 4.58. The molecule has 0 amide bonds. The van der Waals surface area contributed by atoms with Crippen molar-refractivity contribution in [2.24, 2.45) is 0 Å². The molecule has 0 aliphatic rings. The van der Waals surface area contributed by atoms with Gasteiger partial charge in [0, 0.05) is 44.1 Å². The van der Waals surface area contributed by atoms with Crippen molar-refractivity contribution in [1.82, 2.24) is 10.3 Å². The van der Waals surface area contributed by atoms with Crippen molar-refractivity contribution in [2.75, 3.05) is 26.8 Å². The Hall–Kier alpha value is -1.30. The normalized spacial score (nSPS) is 12.5. The molecule has 1 atom stereocenters. The number of hydrogen-bond donors (Lipinski definition) is 1. The standard InChI is InChI=1S/C15H19FN2OS/c1-19-7-5-17-11-13(10-15-18-6-8-20-15)12-3-2-4-14(16)9-12/h2-4,6,8-9,13,17H,5,7,10-11H2,1H3. The van der Waals surface area contributed by atoms with Crippen molar-refractivity contribution in [2.45, 2.75) is 12.3 Å². The molecule has 1 aromatic heterocycles. The van der Waals surface area contributed by atoms with Crippen molar-refractivity contribution in [3.8, 4) is 0 Å². The first-order valence-electron chi connectivity index (χ1n) is 6.63. The summed E-state index contributed by atoms with van der Waals surface area (Å²) < 4.78 is 18.4. The molecule has 0 saturated heterocycles. The van der Waals surface area contributed by atoms with E-state index in [1.165, 1.54) is 6.07 Å². The van der Waals surface area contributed by atoms with Gasteiger partial charge in [-0.2, -0.15) is 0 Å². The van der Waals surface area contributed by atoms with Crippen LogP contribution in [0.4, 0.5) is 4.39 Å². The van der Waals surface area contributed by atoms with E-state index < -0.39 is 0 Å². The van der Waals surface area contributed by atoms with E-state index in [4.69, 9.17) is 4.74 Å². The quantitative estimate of drug-likeness (QED) is 0.760. The van der Waals surface area contributed by atoms with Crippen LogP contribution in [0.5, 0.6) is 0 Å². The minimum atomic E-state index is -0.191. The molecule has 20 heavy (non-hydrogen) atoms. The Balaban J connectivity index is 2.03. The lowest BCUT2D eigenvalue weighted by Crippen LogP contribution is -2.26. The maximum absolute atomic E-state index is 13.4. The summed E-state index contributed by atoms with van der Waals surface area (Å²) >= 11 is 1.64. The number of aromatic nitrogens is 1. The Kier molecular flexibility index (Phi) is 6.11. The summed E-state index contributed by atoms with van der Waals surface area (Å²) in [5.41, 5.74) is 1.00.